The van der Waals surface area contributed by atoms with E-state index in [1.54, 1.807) is 45.0 Å². The van der Waals surface area contributed by atoms with E-state index in [0.717, 1.165) is 0 Å². The van der Waals surface area contributed by atoms with Gasteiger partial charge in [0.2, 0.25) is 0 Å². The van der Waals surface area contributed by atoms with Gasteiger partial charge < -0.3 is 4.74 Å². The van der Waals surface area contributed by atoms with Crippen LogP contribution in [0.4, 0.5) is 0 Å². The maximum absolute atomic E-state index is 11.6. The lowest BCUT2D eigenvalue weighted by molar-refractivity contribution is -0.148. The Morgan fingerprint density at radius 3 is 2.39 bits per heavy atom. The molecule has 0 aliphatic rings. The molecule has 0 saturated heterocycles. The van der Waals surface area contributed by atoms with Gasteiger partial charge in [-0.2, -0.15) is 0 Å². The Morgan fingerprint density at radius 1 is 1.22 bits per heavy atom. The minimum absolute atomic E-state index is 0.199. The standard InChI is InChI=1S/C12H17NO4P/c1-9(2)16-12(14)10(3)13-18(15)17-11-7-5-4-6-8-11/h4-10H,1-3H3,(H,13,15)/q+1/t10-/m0/s1. The van der Waals surface area contributed by atoms with E-state index in [1.807, 2.05) is 6.07 Å². The normalized spacial score (nSPS) is 13.0. The van der Waals surface area contributed by atoms with Crippen LogP contribution in [0, 0.1) is 0 Å². The topological polar surface area (TPSA) is 64.6 Å². The Balaban J connectivity index is 2.43. The highest BCUT2D eigenvalue weighted by molar-refractivity contribution is 7.37. The number of ether oxygens (including phenoxy) is 1. The van der Waals surface area contributed by atoms with Crippen LogP contribution in [-0.4, -0.2) is 18.1 Å². The summed E-state index contributed by atoms with van der Waals surface area (Å²) in [6.45, 7) is 5.09. The molecular weight excluding hydrogens is 253 g/mol. The number of carbonyl (C=O) groups is 1. The summed E-state index contributed by atoms with van der Waals surface area (Å²) < 4.78 is 21.7. The van der Waals surface area contributed by atoms with Crippen LogP contribution >= 0.6 is 8.18 Å². The third kappa shape index (κ3) is 5.25. The van der Waals surface area contributed by atoms with Gasteiger partial charge in [-0.15, -0.1) is 0 Å². The number of benzene rings is 1. The van der Waals surface area contributed by atoms with Crippen LogP contribution in [0.15, 0.2) is 30.3 Å². The average Bonchev–Trinajstić information content (AvgIpc) is 2.29. The van der Waals surface area contributed by atoms with Crippen LogP contribution in [0.3, 0.4) is 0 Å². The molecule has 0 bridgehead atoms. The molecule has 1 aromatic carbocycles. The third-order valence-corrected chi connectivity index (χ3v) is 2.91. The zero-order valence-corrected chi connectivity index (χ0v) is 11.5. The van der Waals surface area contributed by atoms with Crippen molar-refractivity contribution >= 4 is 14.1 Å². The van der Waals surface area contributed by atoms with Crippen LogP contribution in [0.5, 0.6) is 5.75 Å². The van der Waals surface area contributed by atoms with E-state index in [9.17, 15) is 9.36 Å². The summed E-state index contributed by atoms with van der Waals surface area (Å²) in [5.41, 5.74) is 0. The van der Waals surface area contributed by atoms with Gasteiger partial charge in [0.05, 0.1) is 6.10 Å². The molecule has 0 spiro atoms. The summed E-state index contributed by atoms with van der Waals surface area (Å²) in [5, 5.41) is 2.55. The number of nitrogens with one attached hydrogen (secondary N) is 1. The smallest absolute Gasteiger partial charge is 0.462 e. The van der Waals surface area contributed by atoms with Crippen molar-refractivity contribution in [3.8, 4) is 5.75 Å². The second-order valence-corrected chi connectivity index (χ2v) is 4.95. The maximum atomic E-state index is 11.6. The predicted octanol–water partition coefficient (Wildman–Crippen LogP) is 2.65. The molecule has 1 rings (SSSR count). The molecule has 0 amide bonds. The Kier molecular flexibility index (Phi) is 5.75. The second-order valence-electron chi connectivity index (χ2n) is 4.00. The van der Waals surface area contributed by atoms with Gasteiger partial charge in [0, 0.05) is 4.57 Å². The first-order valence-electron chi connectivity index (χ1n) is 5.66. The average molecular weight is 270 g/mol. The fraction of sp³-hybridized carbons (Fsp3) is 0.417. The molecule has 0 heterocycles. The fourth-order valence-corrected chi connectivity index (χ4v) is 1.94. The molecule has 0 radical (unpaired) electrons. The monoisotopic (exact) mass is 270 g/mol. The molecule has 98 valence electrons. The molecule has 1 N–H and O–H groups in total. The van der Waals surface area contributed by atoms with Crippen molar-refractivity contribution in [1.82, 2.24) is 5.09 Å². The summed E-state index contributed by atoms with van der Waals surface area (Å²) in [6.07, 6.45) is -0.199. The fourth-order valence-electron chi connectivity index (χ4n) is 1.15. The van der Waals surface area contributed by atoms with Gasteiger partial charge in [-0.05, 0) is 32.9 Å². The highest BCUT2D eigenvalue weighted by Gasteiger charge is 2.28. The van der Waals surface area contributed by atoms with Crippen molar-refractivity contribution in [2.75, 3.05) is 0 Å². The summed E-state index contributed by atoms with van der Waals surface area (Å²) >= 11 is 0. The largest absolute Gasteiger partial charge is 0.664 e. The number of hydrogen-bond acceptors (Lipinski definition) is 4. The molecule has 18 heavy (non-hydrogen) atoms. The van der Waals surface area contributed by atoms with E-state index in [0.29, 0.717) is 5.75 Å². The number of rotatable bonds is 6. The highest BCUT2D eigenvalue weighted by atomic mass is 31.1. The summed E-state index contributed by atoms with van der Waals surface area (Å²) in [6, 6.07) is 8.07. The maximum Gasteiger partial charge on any atom is 0.664 e. The minimum Gasteiger partial charge on any atom is -0.462 e. The second kappa shape index (κ2) is 7.09. The molecule has 0 saturated carbocycles. The minimum atomic E-state index is -2.15. The first-order chi connectivity index (χ1) is 8.49. The van der Waals surface area contributed by atoms with Crippen LogP contribution in [0.25, 0.3) is 0 Å². The van der Waals surface area contributed by atoms with Crippen LogP contribution < -0.4 is 9.61 Å². The molecule has 1 unspecified atom stereocenters. The van der Waals surface area contributed by atoms with E-state index < -0.39 is 20.2 Å². The third-order valence-electron chi connectivity index (χ3n) is 1.94. The van der Waals surface area contributed by atoms with Gasteiger partial charge in [-0.1, -0.05) is 23.3 Å². The van der Waals surface area contributed by atoms with E-state index in [4.69, 9.17) is 9.26 Å². The summed E-state index contributed by atoms with van der Waals surface area (Å²) in [5.74, 6) is 0.0283. The van der Waals surface area contributed by atoms with Crippen molar-refractivity contribution in [1.29, 1.82) is 0 Å². The van der Waals surface area contributed by atoms with Gasteiger partial charge in [-0.3, -0.25) is 4.79 Å². The SMILES string of the molecule is CC(C)OC(=O)[C@H](C)N[P+](=O)Oc1ccccc1. The molecule has 0 aliphatic heterocycles. The van der Waals surface area contributed by atoms with Crippen molar-refractivity contribution < 1.29 is 18.6 Å². The van der Waals surface area contributed by atoms with Crippen molar-refractivity contribution in [2.45, 2.75) is 32.9 Å². The highest BCUT2D eigenvalue weighted by Crippen LogP contribution is 2.23. The van der Waals surface area contributed by atoms with Crippen LogP contribution in [0.1, 0.15) is 20.8 Å². The van der Waals surface area contributed by atoms with Gasteiger partial charge in [0.15, 0.2) is 5.75 Å². The molecule has 0 aromatic heterocycles. The molecule has 0 aliphatic carbocycles. The Morgan fingerprint density at radius 2 is 1.83 bits per heavy atom. The molecule has 1 aromatic rings. The zero-order chi connectivity index (χ0) is 13.5. The van der Waals surface area contributed by atoms with Crippen molar-refractivity contribution in [3.63, 3.8) is 0 Å². The number of carbonyl (C=O) groups excluding carboxylic acids is 1. The first-order valence-corrected chi connectivity index (χ1v) is 6.83. The van der Waals surface area contributed by atoms with E-state index in [2.05, 4.69) is 5.09 Å². The van der Waals surface area contributed by atoms with E-state index in [1.165, 1.54) is 0 Å². The van der Waals surface area contributed by atoms with E-state index in [-0.39, 0.29) is 6.10 Å². The van der Waals surface area contributed by atoms with Crippen LogP contribution in [-0.2, 0) is 14.1 Å². The van der Waals surface area contributed by atoms with Gasteiger partial charge in [0.25, 0.3) is 0 Å². The predicted molar refractivity (Wildman–Crippen MR) is 68.5 cm³/mol. The Labute approximate surface area is 107 Å². The first kappa shape index (κ1) is 14.6. The number of para-hydroxylation sites is 1. The Bertz CT molecular complexity index is 408. The molecule has 2 atom stereocenters. The van der Waals surface area contributed by atoms with E-state index >= 15 is 0 Å². The Hall–Kier alpha value is -1.45. The summed E-state index contributed by atoms with van der Waals surface area (Å²) in [4.78, 5) is 11.5. The number of esters is 1. The summed E-state index contributed by atoms with van der Waals surface area (Å²) in [7, 11) is -2.15. The lowest BCUT2D eigenvalue weighted by Gasteiger charge is -2.10. The lowest BCUT2D eigenvalue weighted by atomic mass is 10.3. The van der Waals surface area contributed by atoms with Gasteiger partial charge in [0.1, 0.15) is 6.04 Å². The van der Waals surface area contributed by atoms with Crippen molar-refractivity contribution in [2.24, 2.45) is 0 Å². The van der Waals surface area contributed by atoms with Crippen LogP contribution in [0.2, 0.25) is 0 Å². The molecule has 6 heteroatoms. The van der Waals surface area contributed by atoms with Gasteiger partial charge in [-0.25, -0.2) is 4.52 Å². The van der Waals surface area contributed by atoms with Gasteiger partial charge >= 0.3 is 14.1 Å². The lowest BCUT2D eigenvalue weighted by Crippen LogP contribution is -2.33. The molecule has 0 fully saturated rings. The zero-order valence-electron chi connectivity index (χ0n) is 10.6. The number of hydrogen-bond donors (Lipinski definition) is 1. The van der Waals surface area contributed by atoms with Crippen molar-refractivity contribution in [3.05, 3.63) is 30.3 Å². The quantitative estimate of drug-likeness (QED) is 0.636. The molecular formula is C12H17NO4P+. The molecule has 5 nitrogen and oxygen atoms in total.